The quantitative estimate of drug-likeness (QED) is 0.778. The molecule has 0 fully saturated rings. The minimum absolute atomic E-state index is 0.0896. The van der Waals surface area contributed by atoms with Crippen LogP contribution in [0.2, 0.25) is 0 Å². The molecule has 0 radical (unpaired) electrons. The van der Waals surface area contributed by atoms with E-state index in [0.29, 0.717) is 17.4 Å². The highest BCUT2D eigenvalue weighted by Crippen LogP contribution is 2.17. The Balaban J connectivity index is 1.86. The summed E-state index contributed by atoms with van der Waals surface area (Å²) in [7, 11) is 0. The first-order valence-corrected chi connectivity index (χ1v) is 8.57. The lowest BCUT2D eigenvalue weighted by molar-refractivity contribution is -0.148. The lowest BCUT2D eigenvalue weighted by atomic mass is 10.2. The van der Waals surface area contributed by atoms with Crippen LogP contribution in [0.5, 0.6) is 0 Å². The van der Waals surface area contributed by atoms with Crippen LogP contribution in [0.4, 0.5) is 0 Å². The van der Waals surface area contributed by atoms with E-state index in [4.69, 9.17) is 4.74 Å². The zero-order chi connectivity index (χ0) is 17.5. The normalized spacial score (nSPS) is 12.0. The van der Waals surface area contributed by atoms with E-state index in [1.54, 1.807) is 6.92 Å². The van der Waals surface area contributed by atoms with Gasteiger partial charge in [0.1, 0.15) is 11.0 Å². The van der Waals surface area contributed by atoms with E-state index < -0.39 is 12.0 Å². The van der Waals surface area contributed by atoms with Gasteiger partial charge in [0.15, 0.2) is 5.82 Å². The predicted octanol–water partition coefficient (Wildman–Crippen LogP) is 2.45. The number of ether oxygens (including phenoxy) is 1. The van der Waals surface area contributed by atoms with E-state index >= 15 is 0 Å². The molecule has 1 unspecified atom stereocenters. The van der Waals surface area contributed by atoms with Gasteiger partial charge < -0.3 is 10.1 Å². The van der Waals surface area contributed by atoms with Crippen molar-refractivity contribution in [3.05, 3.63) is 35.3 Å². The minimum Gasteiger partial charge on any atom is -0.464 e. The van der Waals surface area contributed by atoms with Crippen LogP contribution in [0, 0.1) is 5.92 Å². The zero-order valence-electron chi connectivity index (χ0n) is 14.0. The van der Waals surface area contributed by atoms with Crippen LogP contribution in [-0.2, 0) is 20.7 Å². The summed E-state index contributed by atoms with van der Waals surface area (Å²) in [6.07, 6.45) is 0.0896. The lowest BCUT2D eigenvalue weighted by Gasteiger charge is -2.14. The monoisotopic (exact) mass is 347 g/mol. The van der Waals surface area contributed by atoms with E-state index in [2.05, 4.69) is 14.7 Å². The molecule has 1 N–H and O–H groups in total. The van der Waals surface area contributed by atoms with Crippen molar-refractivity contribution in [3.63, 3.8) is 0 Å². The van der Waals surface area contributed by atoms with E-state index in [0.717, 1.165) is 5.56 Å². The van der Waals surface area contributed by atoms with Gasteiger partial charge in [-0.2, -0.15) is 4.37 Å². The Hall–Kier alpha value is -2.28. The van der Waals surface area contributed by atoms with Crippen molar-refractivity contribution in [1.29, 1.82) is 0 Å². The van der Waals surface area contributed by atoms with Crippen molar-refractivity contribution in [1.82, 2.24) is 14.7 Å². The molecule has 0 spiro atoms. The number of esters is 1. The molecule has 0 aliphatic rings. The fraction of sp³-hybridized carbons (Fsp3) is 0.412. The summed E-state index contributed by atoms with van der Waals surface area (Å²) in [5.74, 6) is 0.154. The Morgan fingerprint density at radius 3 is 2.58 bits per heavy atom. The molecule has 1 amide bonds. The summed E-state index contributed by atoms with van der Waals surface area (Å²) in [6.45, 7) is 5.86. The summed E-state index contributed by atoms with van der Waals surface area (Å²) in [5, 5.41) is 3.23. The van der Waals surface area contributed by atoms with Gasteiger partial charge in [-0.15, -0.1) is 0 Å². The van der Waals surface area contributed by atoms with E-state index in [1.807, 2.05) is 44.2 Å². The van der Waals surface area contributed by atoms with E-state index in [9.17, 15) is 9.59 Å². The highest BCUT2D eigenvalue weighted by molar-refractivity contribution is 7.05. The predicted molar refractivity (Wildman–Crippen MR) is 92.5 cm³/mol. The first-order valence-electron chi connectivity index (χ1n) is 7.79. The Morgan fingerprint density at radius 1 is 1.21 bits per heavy atom. The first kappa shape index (κ1) is 18.1. The van der Waals surface area contributed by atoms with Crippen molar-refractivity contribution in [2.45, 2.75) is 33.2 Å². The molecule has 1 heterocycles. The Morgan fingerprint density at radius 2 is 1.92 bits per heavy atom. The third kappa shape index (κ3) is 5.42. The molecule has 0 aliphatic carbocycles. The summed E-state index contributed by atoms with van der Waals surface area (Å²) in [6, 6.07) is 8.89. The number of carbonyl (C=O) groups excluding carboxylic acids is 2. The van der Waals surface area contributed by atoms with Crippen LogP contribution in [-0.4, -0.2) is 33.9 Å². The molecule has 1 aromatic heterocycles. The molecule has 1 atom stereocenters. The Kier molecular flexibility index (Phi) is 6.43. The van der Waals surface area contributed by atoms with Gasteiger partial charge in [0.05, 0.1) is 13.0 Å². The summed E-state index contributed by atoms with van der Waals surface area (Å²) < 4.78 is 9.36. The minimum atomic E-state index is -0.683. The highest BCUT2D eigenvalue weighted by atomic mass is 32.1. The summed E-state index contributed by atoms with van der Waals surface area (Å²) >= 11 is 1.18. The van der Waals surface area contributed by atoms with Crippen molar-refractivity contribution >= 4 is 23.4 Å². The largest absolute Gasteiger partial charge is 0.464 e. The highest BCUT2D eigenvalue weighted by Gasteiger charge is 2.18. The van der Waals surface area contributed by atoms with Gasteiger partial charge in [0, 0.05) is 5.56 Å². The second-order valence-corrected chi connectivity index (χ2v) is 6.70. The Bertz CT molecular complexity index is 685. The molecular weight excluding hydrogens is 326 g/mol. The van der Waals surface area contributed by atoms with Gasteiger partial charge >= 0.3 is 5.97 Å². The number of hydrogen-bond acceptors (Lipinski definition) is 6. The molecular formula is C17H21N3O3S. The maximum Gasteiger partial charge on any atom is 0.328 e. The van der Waals surface area contributed by atoms with Crippen LogP contribution in [0.1, 0.15) is 25.8 Å². The number of benzene rings is 1. The average molecular weight is 347 g/mol. The number of hydrogen-bond donors (Lipinski definition) is 1. The van der Waals surface area contributed by atoms with Crippen LogP contribution in [0.25, 0.3) is 11.4 Å². The van der Waals surface area contributed by atoms with Crippen LogP contribution in [0.15, 0.2) is 30.3 Å². The van der Waals surface area contributed by atoms with Crippen LogP contribution < -0.4 is 5.32 Å². The maximum atomic E-state index is 12.0. The molecule has 7 heteroatoms. The molecule has 1 aromatic carbocycles. The average Bonchev–Trinajstić information content (AvgIpc) is 3.01. The standard InChI is InChI=1S/C17H21N3O3S/c1-11(2)10-23-17(22)12(3)18-14(21)9-15-19-16(20-24-15)13-7-5-4-6-8-13/h4-8,11-12H,9-10H2,1-3H3,(H,18,21). The Labute approximate surface area is 145 Å². The molecule has 0 bridgehead atoms. The summed E-state index contributed by atoms with van der Waals surface area (Å²) in [4.78, 5) is 28.2. The van der Waals surface area contributed by atoms with Gasteiger partial charge in [-0.1, -0.05) is 44.2 Å². The molecule has 0 saturated heterocycles. The lowest BCUT2D eigenvalue weighted by Crippen LogP contribution is -2.40. The van der Waals surface area contributed by atoms with Gasteiger partial charge in [0.2, 0.25) is 5.91 Å². The number of rotatable bonds is 7. The second kappa shape index (κ2) is 8.54. The molecule has 128 valence electrons. The van der Waals surface area contributed by atoms with Gasteiger partial charge in [-0.3, -0.25) is 4.79 Å². The molecule has 6 nitrogen and oxygen atoms in total. The molecule has 0 aliphatic heterocycles. The van der Waals surface area contributed by atoms with Gasteiger partial charge in [0.25, 0.3) is 0 Å². The van der Waals surface area contributed by atoms with Crippen LogP contribution in [0.3, 0.4) is 0 Å². The van der Waals surface area contributed by atoms with Gasteiger partial charge in [-0.05, 0) is 24.4 Å². The van der Waals surface area contributed by atoms with Crippen molar-refractivity contribution in [2.24, 2.45) is 5.92 Å². The fourth-order valence-corrected chi connectivity index (χ4v) is 2.55. The zero-order valence-corrected chi connectivity index (χ0v) is 14.8. The second-order valence-electron chi connectivity index (χ2n) is 5.87. The van der Waals surface area contributed by atoms with E-state index in [-0.39, 0.29) is 18.2 Å². The third-order valence-electron chi connectivity index (χ3n) is 3.10. The fourth-order valence-electron chi connectivity index (χ4n) is 1.89. The maximum absolute atomic E-state index is 12.0. The molecule has 2 rings (SSSR count). The topological polar surface area (TPSA) is 81.2 Å². The third-order valence-corrected chi connectivity index (χ3v) is 3.81. The van der Waals surface area contributed by atoms with Crippen LogP contribution >= 0.6 is 11.5 Å². The SMILES string of the molecule is CC(C)COC(=O)C(C)NC(=O)Cc1nc(-c2ccccc2)ns1. The van der Waals surface area contributed by atoms with E-state index in [1.165, 1.54) is 11.5 Å². The molecule has 2 aromatic rings. The number of nitrogens with one attached hydrogen (secondary N) is 1. The number of amides is 1. The number of aromatic nitrogens is 2. The van der Waals surface area contributed by atoms with Crippen molar-refractivity contribution in [3.8, 4) is 11.4 Å². The summed E-state index contributed by atoms with van der Waals surface area (Å²) in [5.41, 5.74) is 0.908. The van der Waals surface area contributed by atoms with Gasteiger partial charge in [-0.25, -0.2) is 9.78 Å². The van der Waals surface area contributed by atoms with Crippen molar-refractivity contribution in [2.75, 3.05) is 6.61 Å². The molecule has 0 saturated carbocycles. The smallest absolute Gasteiger partial charge is 0.328 e. The number of nitrogens with zero attached hydrogens (tertiary/aromatic N) is 2. The first-order chi connectivity index (χ1) is 11.5. The number of carbonyl (C=O) groups is 2. The van der Waals surface area contributed by atoms with Crippen molar-refractivity contribution < 1.29 is 14.3 Å². The molecule has 24 heavy (non-hydrogen) atoms.